The van der Waals surface area contributed by atoms with Crippen LogP contribution in [-0.2, 0) is 16.1 Å². The Morgan fingerprint density at radius 3 is 2.14 bits per heavy atom. The van der Waals surface area contributed by atoms with Gasteiger partial charge in [0.1, 0.15) is 0 Å². The van der Waals surface area contributed by atoms with Crippen LogP contribution in [0.2, 0.25) is 0 Å². The van der Waals surface area contributed by atoms with Crippen LogP contribution in [0.1, 0.15) is 18.1 Å². The molecule has 0 unspecified atom stereocenters. The molecule has 1 aliphatic rings. The molecule has 2 rings (SSSR count). The highest BCUT2D eigenvalue weighted by Gasteiger charge is 2.22. The molecule has 0 saturated carbocycles. The van der Waals surface area contributed by atoms with Crippen LogP contribution in [0.4, 0.5) is 0 Å². The fourth-order valence-corrected chi connectivity index (χ4v) is 2.66. The summed E-state index contributed by atoms with van der Waals surface area (Å²) in [6.07, 6.45) is 0. The quantitative estimate of drug-likeness (QED) is 0.837. The van der Waals surface area contributed by atoms with Gasteiger partial charge >= 0.3 is 0 Å². The molecule has 0 N–H and O–H groups in total. The largest absolute Gasteiger partial charge is 0.339 e. The van der Waals surface area contributed by atoms with Crippen LogP contribution in [-0.4, -0.2) is 66.3 Å². The van der Waals surface area contributed by atoms with Gasteiger partial charge in [-0.25, -0.2) is 0 Å². The number of nitrogens with zero attached hydrogens (tertiary/aromatic N) is 3. The van der Waals surface area contributed by atoms with Gasteiger partial charge in [-0.2, -0.15) is 0 Å². The minimum Gasteiger partial charge on any atom is -0.339 e. The van der Waals surface area contributed by atoms with Gasteiger partial charge in [0.05, 0.1) is 6.54 Å². The third-order valence-corrected chi connectivity index (χ3v) is 4.06. The summed E-state index contributed by atoms with van der Waals surface area (Å²) >= 11 is 0. The molecule has 0 aliphatic carbocycles. The van der Waals surface area contributed by atoms with Crippen LogP contribution < -0.4 is 0 Å². The molecule has 22 heavy (non-hydrogen) atoms. The highest BCUT2D eigenvalue weighted by Crippen LogP contribution is 2.07. The van der Waals surface area contributed by atoms with E-state index in [1.165, 1.54) is 11.1 Å². The Labute approximate surface area is 132 Å². The summed E-state index contributed by atoms with van der Waals surface area (Å²) in [7, 11) is 1.96. The molecule has 0 bridgehead atoms. The molecule has 0 spiro atoms. The molecule has 1 heterocycles. The molecule has 0 aromatic heterocycles. The number of carbonyl (C=O) groups is 2. The van der Waals surface area contributed by atoms with Crippen molar-refractivity contribution in [1.29, 1.82) is 0 Å². The standard InChI is InChI=1S/C17H25N3O2/c1-14-4-6-16(7-5-14)12-18(3)13-17(22)20-10-8-19(9-11-20)15(2)21/h4-7H,8-13H2,1-3H3. The molecule has 0 radical (unpaired) electrons. The van der Waals surface area contributed by atoms with Crippen molar-refractivity contribution in [3.63, 3.8) is 0 Å². The second kappa shape index (κ2) is 7.40. The molecule has 1 aromatic rings. The monoisotopic (exact) mass is 303 g/mol. The average Bonchev–Trinajstić information content (AvgIpc) is 2.49. The predicted molar refractivity (Wildman–Crippen MR) is 86.3 cm³/mol. The number of hydrogen-bond acceptors (Lipinski definition) is 3. The first-order valence-corrected chi connectivity index (χ1v) is 7.73. The molecule has 120 valence electrons. The zero-order valence-electron chi connectivity index (χ0n) is 13.7. The Hall–Kier alpha value is -1.88. The van der Waals surface area contributed by atoms with E-state index < -0.39 is 0 Å². The molecule has 5 nitrogen and oxygen atoms in total. The highest BCUT2D eigenvalue weighted by molar-refractivity contribution is 5.79. The highest BCUT2D eigenvalue weighted by atomic mass is 16.2. The molecule has 1 saturated heterocycles. The lowest BCUT2D eigenvalue weighted by Gasteiger charge is -2.35. The van der Waals surface area contributed by atoms with E-state index in [1.807, 2.05) is 16.8 Å². The number of carbonyl (C=O) groups excluding carboxylic acids is 2. The van der Waals surface area contributed by atoms with Crippen molar-refractivity contribution < 1.29 is 9.59 Å². The molecule has 1 fully saturated rings. The summed E-state index contributed by atoms with van der Waals surface area (Å²) in [5.41, 5.74) is 2.45. The van der Waals surface area contributed by atoms with Gasteiger partial charge in [0.2, 0.25) is 11.8 Å². The number of hydrogen-bond donors (Lipinski definition) is 0. The van der Waals surface area contributed by atoms with Crippen LogP contribution in [0.5, 0.6) is 0 Å². The maximum atomic E-state index is 12.3. The third-order valence-electron chi connectivity index (χ3n) is 4.06. The van der Waals surface area contributed by atoms with E-state index in [2.05, 4.69) is 31.2 Å². The molecule has 2 amide bonds. The second-order valence-electron chi connectivity index (χ2n) is 6.04. The summed E-state index contributed by atoms with van der Waals surface area (Å²) in [5.74, 6) is 0.224. The Kier molecular flexibility index (Phi) is 5.55. The van der Waals surface area contributed by atoms with E-state index >= 15 is 0 Å². The van der Waals surface area contributed by atoms with E-state index in [4.69, 9.17) is 0 Å². The van der Waals surface area contributed by atoms with Crippen molar-refractivity contribution in [2.75, 3.05) is 39.8 Å². The lowest BCUT2D eigenvalue weighted by molar-refractivity contribution is -0.139. The molecule has 1 aliphatic heterocycles. The third kappa shape index (κ3) is 4.56. The Bertz CT molecular complexity index is 519. The SMILES string of the molecule is CC(=O)N1CCN(C(=O)CN(C)Cc2ccc(C)cc2)CC1. The smallest absolute Gasteiger partial charge is 0.236 e. The summed E-state index contributed by atoms with van der Waals surface area (Å²) in [5, 5.41) is 0. The normalized spacial score (nSPS) is 15.3. The van der Waals surface area contributed by atoms with Gasteiger partial charge in [0.15, 0.2) is 0 Å². The van der Waals surface area contributed by atoms with Gasteiger partial charge in [-0.05, 0) is 19.5 Å². The van der Waals surface area contributed by atoms with Crippen molar-refractivity contribution in [3.8, 4) is 0 Å². The number of amides is 2. The van der Waals surface area contributed by atoms with Gasteiger partial charge in [-0.15, -0.1) is 0 Å². The van der Waals surface area contributed by atoms with Gasteiger partial charge in [-0.1, -0.05) is 29.8 Å². The van der Waals surface area contributed by atoms with E-state index in [0.29, 0.717) is 32.7 Å². The maximum absolute atomic E-state index is 12.3. The Morgan fingerprint density at radius 1 is 1.05 bits per heavy atom. The molecule has 1 aromatic carbocycles. The first kappa shape index (κ1) is 16.5. The predicted octanol–water partition coefficient (Wildman–Crippen LogP) is 1.12. The van der Waals surface area contributed by atoms with E-state index in [9.17, 15) is 9.59 Å². The Balaban J connectivity index is 1.79. The van der Waals surface area contributed by atoms with E-state index in [0.717, 1.165) is 6.54 Å². The minimum absolute atomic E-state index is 0.0867. The zero-order valence-corrected chi connectivity index (χ0v) is 13.7. The molecular weight excluding hydrogens is 278 g/mol. The van der Waals surface area contributed by atoms with Gasteiger partial charge in [-0.3, -0.25) is 14.5 Å². The molecule has 5 heteroatoms. The van der Waals surface area contributed by atoms with Gasteiger partial charge < -0.3 is 9.80 Å². The summed E-state index contributed by atoms with van der Waals surface area (Å²) in [6, 6.07) is 8.38. The van der Waals surface area contributed by atoms with Crippen LogP contribution in [0.25, 0.3) is 0 Å². The second-order valence-corrected chi connectivity index (χ2v) is 6.04. The van der Waals surface area contributed by atoms with Crippen molar-refractivity contribution in [1.82, 2.24) is 14.7 Å². The van der Waals surface area contributed by atoms with Gasteiger partial charge in [0.25, 0.3) is 0 Å². The molecule has 0 atom stereocenters. The number of likely N-dealkylation sites (N-methyl/N-ethyl adjacent to an activating group) is 1. The molecular formula is C17H25N3O2. The number of rotatable bonds is 4. The fourth-order valence-electron chi connectivity index (χ4n) is 2.66. The first-order chi connectivity index (χ1) is 10.5. The van der Waals surface area contributed by atoms with Crippen LogP contribution in [0, 0.1) is 6.92 Å². The van der Waals surface area contributed by atoms with E-state index in [1.54, 1.807) is 11.8 Å². The minimum atomic E-state index is 0.0867. The lowest BCUT2D eigenvalue weighted by Crippen LogP contribution is -2.51. The van der Waals surface area contributed by atoms with Crippen LogP contribution in [0.3, 0.4) is 0 Å². The van der Waals surface area contributed by atoms with Gasteiger partial charge in [0, 0.05) is 39.6 Å². The number of benzene rings is 1. The van der Waals surface area contributed by atoms with Crippen molar-refractivity contribution in [2.24, 2.45) is 0 Å². The zero-order chi connectivity index (χ0) is 16.1. The van der Waals surface area contributed by atoms with Crippen molar-refractivity contribution in [2.45, 2.75) is 20.4 Å². The maximum Gasteiger partial charge on any atom is 0.236 e. The summed E-state index contributed by atoms with van der Waals surface area (Å²) < 4.78 is 0. The average molecular weight is 303 g/mol. The van der Waals surface area contributed by atoms with Crippen molar-refractivity contribution in [3.05, 3.63) is 35.4 Å². The van der Waals surface area contributed by atoms with Crippen molar-refractivity contribution >= 4 is 11.8 Å². The fraction of sp³-hybridized carbons (Fsp3) is 0.529. The number of piperazine rings is 1. The van der Waals surface area contributed by atoms with Crippen LogP contribution >= 0.6 is 0 Å². The summed E-state index contributed by atoms with van der Waals surface area (Å²) in [6.45, 7) is 7.37. The first-order valence-electron chi connectivity index (χ1n) is 7.73. The topological polar surface area (TPSA) is 43.9 Å². The number of aryl methyl sites for hydroxylation is 1. The van der Waals surface area contributed by atoms with Crippen LogP contribution in [0.15, 0.2) is 24.3 Å². The lowest BCUT2D eigenvalue weighted by atomic mass is 10.1. The Morgan fingerprint density at radius 2 is 1.59 bits per heavy atom. The summed E-state index contributed by atoms with van der Waals surface area (Å²) in [4.78, 5) is 29.3. The van der Waals surface area contributed by atoms with E-state index in [-0.39, 0.29) is 11.8 Å².